The summed E-state index contributed by atoms with van der Waals surface area (Å²) in [5.74, 6) is 0. The average Bonchev–Trinajstić information content (AvgIpc) is 2.26. The van der Waals surface area contributed by atoms with Gasteiger partial charge < -0.3 is 10.6 Å². The second-order valence-corrected chi connectivity index (χ2v) is 6.47. The minimum Gasteiger partial charge on any atom is -0.325 e. The molecule has 2 fully saturated rings. The van der Waals surface area contributed by atoms with Crippen LogP contribution in [0.4, 0.5) is 0 Å². The molecule has 16 heavy (non-hydrogen) atoms. The van der Waals surface area contributed by atoms with Crippen molar-refractivity contribution >= 4 is 0 Å². The van der Waals surface area contributed by atoms with Crippen LogP contribution in [0.25, 0.3) is 0 Å². The van der Waals surface area contributed by atoms with Gasteiger partial charge in [-0.1, -0.05) is 20.3 Å². The van der Waals surface area contributed by atoms with E-state index in [0.717, 1.165) is 0 Å². The Balaban J connectivity index is 1.69. The number of likely N-dealkylation sites (tertiary alicyclic amines) is 1. The van der Waals surface area contributed by atoms with Gasteiger partial charge in [-0.05, 0) is 63.6 Å². The van der Waals surface area contributed by atoms with Crippen LogP contribution < -0.4 is 5.73 Å². The summed E-state index contributed by atoms with van der Waals surface area (Å²) in [5.41, 5.74) is 7.11. The molecular formula is C14H28N2. The van der Waals surface area contributed by atoms with E-state index < -0.39 is 0 Å². The van der Waals surface area contributed by atoms with E-state index in [1.807, 2.05) is 0 Å². The Bertz CT molecular complexity index is 225. The molecule has 2 heteroatoms. The highest BCUT2D eigenvalue weighted by Gasteiger charge is 2.34. The van der Waals surface area contributed by atoms with E-state index in [4.69, 9.17) is 5.73 Å². The Morgan fingerprint density at radius 3 is 2.19 bits per heavy atom. The van der Waals surface area contributed by atoms with E-state index in [1.165, 1.54) is 64.6 Å². The first kappa shape index (κ1) is 12.4. The molecule has 2 N–H and O–H groups in total. The molecule has 0 aromatic rings. The van der Waals surface area contributed by atoms with Gasteiger partial charge in [0.05, 0.1) is 0 Å². The van der Waals surface area contributed by atoms with Crippen molar-refractivity contribution in [2.45, 2.75) is 64.3 Å². The molecule has 0 atom stereocenters. The maximum absolute atomic E-state index is 6.27. The Morgan fingerprint density at radius 2 is 1.75 bits per heavy atom. The molecule has 0 amide bonds. The SMILES string of the molecule is CCC1(C)CCN(CCC2(N)CCC2)CC1. The van der Waals surface area contributed by atoms with Crippen molar-refractivity contribution < 1.29 is 0 Å². The zero-order chi connectivity index (χ0) is 11.6. The number of nitrogens with two attached hydrogens (primary N) is 1. The van der Waals surface area contributed by atoms with Crippen molar-refractivity contribution in [3.8, 4) is 0 Å². The van der Waals surface area contributed by atoms with Crippen LogP contribution >= 0.6 is 0 Å². The van der Waals surface area contributed by atoms with E-state index in [0.29, 0.717) is 5.41 Å². The molecule has 2 nitrogen and oxygen atoms in total. The van der Waals surface area contributed by atoms with E-state index in [-0.39, 0.29) is 5.54 Å². The first-order valence-electron chi connectivity index (χ1n) is 7.07. The molecule has 0 radical (unpaired) electrons. The third-order valence-corrected chi connectivity index (χ3v) is 5.19. The molecule has 1 aliphatic heterocycles. The average molecular weight is 224 g/mol. The molecule has 2 aliphatic rings. The topological polar surface area (TPSA) is 29.3 Å². The van der Waals surface area contributed by atoms with Gasteiger partial charge in [-0.2, -0.15) is 0 Å². The normalized spacial score (nSPS) is 28.7. The fraction of sp³-hybridized carbons (Fsp3) is 1.00. The highest BCUT2D eigenvalue weighted by molar-refractivity contribution is 4.93. The minimum absolute atomic E-state index is 0.214. The van der Waals surface area contributed by atoms with Crippen molar-refractivity contribution in [3.63, 3.8) is 0 Å². The lowest BCUT2D eigenvalue weighted by molar-refractivity contribution is 0.0985. The Morgan fingerprint density at radius 1 is 1.12 bits per heavy atom. The van der Waals surface area contributed by atoms with Crippen LogP contribution in [-0.2, 0) is 0 Å². The summed E-state index contributed by atoms with van der Waals surface area (Å²) in [4.78, 5) is 2.63. The van der Waals surface area contributed by atoms with E-state index >= 15 is 0 Å². The molecular weight excluding hydrogens is 196 g/mol. The van der Waals surface area contributed by atoms with Gasteiger partial charge in [0.15, 0.2) is 0 Å². The fourth-order valence-corrected chi connectivity index (χ4v) is 2.93. The molecule has 2 rings (SSSR count). The highest BCUT2D eigenvalue weighted by Crippen LogP contribution is 2.35. The number of piperidine rings is 1. The summed E-state index contributed by atoms with van der Waals surface area (Å²) in [6, 6.07) is 0. The fourth-order valence-electron chi connectivity index (χ4n) is 2.93. The van der Waals surface area contributed by atoms with Crippen LogP contribution in [0.5, 0.6) is 0 Å². The zero-order valence-electron chi connectivity index (χ0n) is 11.1. The van der Waals surface area contributed by atoms with Crippen LogP contribution in [0.3, 0.4) is 0 Å². The third-order valence-electron chi connectivity index (χ3n) is 5.19. The van der Waals surface area contributed by atoms with Gasteiger partial charge in [0.25, 0.3) is 0 Å². The molecule has 1 saturated heterocycles. The molecule has 1 aliphatic carbocycles. The summed E-state index contributed by atoms with van der Waals surface area (Å²) >= 11 is 0. The van der Waals surface area contributed by atoms with Gasteiger partial charge in [-0.15, -0.1) is 0 Å². The summed E-state index contributed by atoms with van der Waals surface area (Å²) in [5, 5.41) is 0. The van der Waals surface area contributed by atoms with Crippen molar-refractivity contribution in [2.75, 3.05) is 19.6 Å². The van der Waals surface area contributed by atoms with Crippen molar-refractivity contribution in [1.29, 1.82) is 0 Å². The quantitative estimate of drug-likeness (QED) is 0.795. The molecule has 94 valence electrons. The molecule has 0 aromatic heterocycles. The molecule has 0 unspecified atom stereocenters. The lowest BCUT2D eigenvalue weighted by Crippen LogP contribution is -2.49. The molecule has 0 spiro atoms. The molecule has 0 aromatic carbocycles. The van der Waals surface area contributed by atoms with E-state index in [9.17, 15) is 0 Å². The highest BCUT2D eigenvalue weighted by atomic mass is 15.1. The van der Waals surface area contributed by atoms with Gasteiger partial charge in [-0.25, -0.2) is 0 Å². The van der Waals surface area contributed by atoms with Crippen molar-refractivity contribution in [2.24, 2.45) is 11.1 Å². The third kappa shape index (κ3) is 2.78. The second kappa shape index (κ2) is 4.66. The zero-order valence-corrected chi connectivity index (χ0v) is 11.1. The van der Waals surface area contributed by atoms with Crippen molar-refractivity contribution in [1.82, 2.24) is 4.90 Å². The monoisotopic (exact) mass is 224 g/mol. The molecule has 1 saturated carbocycles. The van der Waals surface area contributed by atoms with Crippen LogP contribution in [-0.4, -0.2) is 30.1 Å². The Hall–Kier alpha value is -0.0800. The Labute approximate surface area is 101 Å². The maximum atomic E-state index is 6.27. The Kier molecular flexibility index (Phi) is 3.60. The predicted octanol–water partition coefficient (Wildman–Crippen LogP) is 2.77. The predicted molar refractivity (Wildman–Crippen MR) is 69.5 cm³/mol. The van der Waals surface area contributed by atoms with Gasteiger partial charge in [0, 0.05) is 5.54 Å². The van der Waals surface area contributed by atoms with Crippen LogP contribution in [0, 0.1) is 5.41 Å². The standard InChI is InChI=1S/C14H28N2/c1-3-13(2)7-10-16(11-8-13)12-9-14(15)5-4-6-14/h3-12,15H2,1-2H3. The number of nitrogens with zero attached hydrogens (tertiary/aromatic N) is 1. The van der Waals surface area contributed by atoms with Crippen LogP contribution in [0.1, 0.15) is 58.8 Å². The van der Waals surface area contributed by atoms with Gasteiger partial charge >= 0.3 is 0 Å². The smallest absolute Gasteiger partial charge is 0.0166 e. The summed E-state index contributed by atoms with van der Waals surface area (Å²) < 4.78 is 0. The number of rotatable bonds is 4. The first-order valence-corrected chi connectivity index (χ1v) is 7.07. The molecule has 1 heterocycles. The second-order valence-electron chi connectivity index (χ2n) is 6.47. The number of hydrogen-bond acceptors (Lipinski definition) is 2. The van der Waals surface area contributed by atoms with E-state index in [1.54, 1.807) is 0 Å². The summed E-state index contributed by atoms with van der Waals surface area (Å²) in [7, 11) is 0. The summed E-state index contributed by atoms with van der Waals surface area (Å²) in [6.07, 6.45) is 9.17. The minimum atomic E-state index is 0.214. The van der Waals surface area contributed by atoms with Gasteiger partial charge in [0.2, 0.25) is 0 Å². The van der Waals surface area contributed by atoms with Crippen LogP contribution in [0.2, 0.25) is 0 Å². The lowest BCUT2D eigenvalue weighted by Gasteiger charge is -2.43. The van der Waals surface area contributed by atoms with Gasteiger partial charge in [-0.3, -0.25) is 0 Å². The largest absolute Gasteiger partial charge is 0.325 e. The number of hydrogen-bond donors (Lipinski definition) is 1. The van der Waals surface area contributed by atoms with Crippen molar-refractivity contribution in [3.05, 3.63) is 0 Å². The summed E-state index contributed by atoms with van der Waals surface area (Å²) in [6.45, 7) is 8.59. The van der Waals surface area contributed by atoms with Gasteiger partial charge in [0.1, 0.15) is 0 Å². The first-order chi connectivity index (χ1) is 7.55. The van der Waals surface area contributed by atoms with Crippen LogP contribution in [0.15, 0.2) is 0 Å². The lowest BCUT2D eigenvalue weighted by atomic mass is 9.74. The molecule has 0 bridgehead atoms. The van der Waals surface area contributed by atoms with E-state index in [2.05, 4.69) is 18.7 Å². The maximum Gasteiger partial charge on any atom is 0.0166 e.